The van der Waals surface area contributed by atoms with Crippen molar-refractivity contribution in [2.75, 3.05) is 23.0 Å². The third-order valence-electron chi connectivity index (χ3n) is 13.0. The minimum Gasteiger partial charge on any atom is -0.247 e. The summed E-state index contributed by atoms with van der Waals surface area (Å²) in [5.74, 6) is -2.17. The first-order chi connectivity index (χ1) is 53.0. The molecule has 2 aromatic carbocycles. The maximum Gasteiger partial charge on any atom is 0.497 e. The van der Waals surface area contributed by atoms with Gasteiger partial charge in [0.2, 0.25) is 29.5 Å². The molecule has 3 rings (SSSR count). The molecule has 0 bridgehead atoms. The first kappa shape index (κ1) is 237. The van der Waals surface area contributed by atoms with E-state index in [0.717, 1.165) is 45.8 Å². The van der Waals surface area contributed by atoms with E-state index in [0.29, 0.717) is 75.0 Å². The average molecular weight is 2220 g/mol. The van der Waals surface area contributed by atoms with Gasteiger partial charge >= 0.3 is 33.6 Å². The molecule has 0 aliphatic carbocycles. The van der Waals surface area contributed by atoms with Crippen LogP contribution in [0.3, 0.4) is 0 Å². The van der Waals surface area contributed by atoms with E-state index >= 15 is 0 Å². The highest BCUT2D eigenvalue weighted by molar-refractivity contribution is 7.92. The van der Waals surface area contributed by atoms with Crippen LogP contribution < -0.4 is 17.1 Å². The van der Waals surface area contributed by atoms with Gasteiger partial charge in [0, 0.05) is 6.54 Å². The number of hydrogen-bond donors (Lipinski definition) is 0. The maximum atomic E-state index is 12.4. The van der Waals surface area contributed by atoms with Crippen molar-refractivity contribution in [2.24, 2.45) is 59.6 Å². The highest BCUT2D eigenvalue weighted by atomic mass is 32.2. The molecule has 0 fully saturated rings. The molecule has 0 aliphatic heterocycles. The van der Waals surface area contributed by atoms with Gasteiger partial charge < -0.3 is 0 Å². The predicted molar refractivity (Wildman–Crippen MR) is 668 cm³/mol. The molecule has 146 heavy (non-hydrogen) atoms. The van der Waals surface area contributed by atoms with Gasteiger partial charge in [-0.15, -0.1) is 13.2 Å². The Morgan fingerprint density at radius 1 is 0.240 bits per heavy atom. The summed E-state index contributed by atoms with van der Waals surface area (Å²) in [5.41, 5.74) is -12.2. The summed E-state index contributed by atoms with van der Waals surface area (Å²) in [6.07, 6.45) is 9.58. The monoisotopic (exact) mass is 2220 g/mol. The summed E-state index contributed by atoms with van der Waals surface area (Å²) in [6.45, 7) is 96.6. The normalized spacial score (nSPS) is 10.7. The molecule has 1 aromatic heterocycles. The summed E-state index contributed by atoms with van der Waals surface area (Å²) in [6, 6.07) is 19.2. The lowest BCUT2D eigenvalue weighted by Gasteiger charge is -2.18. The van der Waals surface area contributed by atoms with Crippen LogP contribution in [0.4, 0.5) is 39.5 Å². The molecule has 14 nitrogen and oxygen atoms in total. The van der Waals surface area contributed by atoms with E-state index in [4.69, 9.17) is 0 Å². The van der Waals surface area contributed by atoms with Crippen molar-refractivity contribution in [1.82, 2.24) is 13.7 Å². The third-order valence-corrected chi connectivity index (χ3v) is 19.4. The zero-order chi connectivity index (χ0) is 100. The predicted octanol–water partition coefficient (Wildman–Crippen LogP) is 44.2. The van der Waals surface area contributed by atoms with Crippen molar-refractivity contribution in [3.63, 3.8) is 0 Å². The van der Waals surface area contributed by atoms with Crippen molar-refractivity contribution in [3.05, 3.63) is 123 Å². The van der Waals surface area contributed by atoms with Crippen LogP contribution in [0, 0.1) is 59.6 Å². The highest BCUT2D eigenvalue weighted by Crippen LogP contribution is 2.31. The number of allylic oxidation sites excluding steroid dienone is 2. The Morgan fingerprint density at radius 3 is 0.575 bits per heavy atom. The fourth-order valence-corrected chi connectivity index (χ4v) is 11.4. The molecule has 0 saturated carbocycles. The maximum absolute atomic E-state index is 12.4. The Kier molecular flexibility index (Phi) is 164. The number of unbranched alkanes of at least 4 members (excludes halogenated alkanes) is 2. The topological polar surface area (TPSA) is 203 Å². The molecule has 0 atom stereocenters. The van der Waals surface area contributed by atoms with E-state index in [2.05, 4.69) is 272 Å². The van der Waals surface area contributed by atoms with Crippen LogP contribution in [-0.2, 0) is 64.4 Å². The lowest BCUT2D eigenvalue weighted by Crippen LogP contribution is -2.54. The van der Waals surface area contributed by atoms with E-state index in [1.807, 2.05) is 68.4 Å². The van der Waals surface area contributed by atoms with E-state index < -0.39 is 90.2 Å². The number of hydrogen-bond acceptors (Lipinski definition) is 11. The summed E-state index contributed by atoms with van der Waals surface area (Å²) in [4.78, 5) is 37.3. The Labute approximate surface area is 918 Å². The van der Waals surface area contributed by atoms with Gasteiger partial charge in [-0.3, -0.25) is 0 Å². The molecule has 0 amide bonds. The summed E-state index contributed by atoms with van der Waals surface area (Å²) in [7, 11) is -17.8. The van der Waals surface area contributed by atoms with Gasteiger partial charge in [-0.05, 0) is 147 Å². The molecule has 0 saturated heterocycles. The number of nitrogens with zero attached hydrogens (tertiary/aromatic N) is 3. The van der Waals surface area contributed by atoms with Crippen molar-refractivity contribution in [2.45, 2.75) is 593 Å². The zero-order valence-corrected chi connectivity index (χ0v) is 87.9. The second kappa shape index (κ2) is 101. The third kappa shape index (κ3) is 181. The molecule has 0 N–H and O–H groups in total. The molecule has 0 radical (unpaired) electrons. The number of halogens is 9. The van der Waals surface area contributed by atoms with Gasteiger partial charge in [-0.1, -0.05) is 543 Å². The fourth-order valence-electron chi connectivity index (χ4n) is 7.72. The van der Waals surface area contributed by atoms with Crippen molar-refractivity contribution < 1.29 is 73.2 Å². The van der Waals surface area contributed by atoms with Gasteiger partial charge in [0.15, 0.2) is 9.84 Å². The van der Waals surface area contributed by atoms with Crippen molar-refractivity contribution >= 4 is 39.3 Å². The molecule has 1 heterocycles. The molecule has 0 spiro atoms. The summed E-state index contributed by atoms with van der Waals surface area (Å²) >= 11 is 0. The van der Waals surface area contributed by atoms with Crippen LogP contribution in [0.15, 0.2) is 105 Å². The van der Waals surface area contributed by atoms with E-state index in [9.17, 15) is 87.6 Å². The minimum atomic E-state index is -5.11. The molecule has 27 heteroatoms. The summed E-state index contributed by atoms with van der Waals surface area (Å²) in [5, 5.41) is 0. The van der Waals surface area contributed by atoms with Gasteiger partial charge in [0.1, 0.15) is 0 Å². The first-order valence-corrected chi connectivity index (χ1v) is 49.0. The Morgan fingerprint density at radius 2 is 0.404 bits per heavy atom. The second-order valence-corrected chi connectivity index (χ2v) is 55.8. The van der Waals surface area contributed by atoms with Crippen LogP contribution in [0.25, 0.3) is 0 Å². The van der Waals surface area contributed by atoms with Gasteiger partial charge in [-0.25, -0.2) is 61.8 Å². The number of benzene rings is 2. The van der Waals surface area contributed by atoms with Crippen molar-refractivity contribution in [1.29, 1.82) is 0 Å². The number of alkyl halides is 9. The lowest BCUT2D eigenvalue weighted by molar-refractivity contribution is -0.0442. The molecule has 3 aromatic rings. The standard InChI is InChI=1S/C16H25N3O3.C14H22O2S.C10H14.C9H17F3O2S.2C8H15F3O2S.6C5H12.24CH4/c1-6-10-17-13(20)18(11-7-2)15(22)19(14(17)21)12-8-9-16(3,4)5;1-14(2,3)11-7-8-12-17(15,16)13-9-5-4-6-10-13;1-10(2,3)9-7-5-4-6-8-9;1-8(2,3)6-4-5-7-15(13,14)9(10,11)12;2*1-7(2,3)5-4-6-14(12,13)8(9,10)11;6*1-5(2,3)4;;;;;;;;;;;;;;;;;;;;;;;;/h6-7H,1-2,8-12H2,3-5H3;4-6,9-10H,7-8,11-12H2,1-3H3;4-8H,1-3H3;4-7H2,1-3H3;2*4-6H2,1-3H3;6*1-4H3;24*1H4. The SMILES string of the molecule is C.C.C.C.C.C.C.C.C.C.C.C.C.C.C.C.C.C.C.C.C.C.C.C.C=CCn1c(=O)n(CC=C)c(=O)n(CCCC(C)(C)C)c1=O.CC(C)(C)C.CC(C)(C)C.CC(C)(C)C.CC(C)(C)C.CC(C)(C)C.CC(C)(C)C.CC(C)(C)CCCCS(=O)(=O)C(F)(F)F.CC(C)(C)CCCCS(=O)(=O)c1ccccc1.CC(C)(C)CCCS(=O)(=O)C(F)(F)F.CC(C)(C)CCCS(=O)(=O)C(F)(F)F.CC(C)(C)c1ccccc1. The summed E-state index contributed by atoms with van der Waals surface area (Å²) < 4.78 is 198. The first-order valence-electron chi connectivity index (χ1n) is 42.4. The molecular formula is C119H276F9N3O11S4. The van der Waals surface area contributed by atoms with E-state index in [1.54, 1.807) is 24.3 Å². The quantitative estimate of drug-likeness (QED) is 0.0526. The largest absolute Gasteiger partial charge is 0.497 e. The minimum absolute atomic E-state index is 0. The highest BCUT2D eigenvalue weighted by Gasteiger charge is 2.46. The second-order valence-electron chi connectivity index (χ2n) is 47.4. The Balaban J connectivity index is -0.0000000312. The van der Waals surface area contributed by atoms with Gasteiger partial charge in [0.25, 0.3) is 0 Å². The molecule has 920 valence electrons. The lowest BCUT2D eigenvalue weighted by atomic mass is 9.87. The van der Waals surface area contributed by atoms with E-state index in [1.165, 1.54) is 17.7 Å². The molecule has 0 unspecified atom stereocenters. The number of aromatic nitrogens is 3. The Hall–Kier alpha value is -4.50. The average Bonchev–Trinajstić information content (AvgIpc) is 0.783. The van der Waals surface area contributed by atoms with Crippen LogP contribution in [0.1, 0.15) is 552 Å². The smallest absolute Gasteiger partial charge is 0.247 e. The van der Waals surface area contributed by atoms with Crippen LogP contribution in [-0.4, -0.2) is 86.9 Å². The van der Waals surface area contributed by atoms with E-state index in [-0.39, 0.29) is 243 Å². The molecular weight excluding hydrogens is 1950 g/mol. The number of sulfone groups is 4. The molecule has 0 aliphatic rings. The van der Waals surface area contributed by atoms with Gasteiger partial charge in [0.05, 0.1) is 41.0 Å². The van der Waals surface area contributed by atoms with Crippen molar-refractivity contribution in [3.8, 4) is 0 Å². The van der Waals surface area contributed by atoms with Crippen LogP contribution in [0.5, 0.6) is 0 Å². The van der Waals surface area contributed by atoms with Gasteiger partial charge in [-0.2, -0.15) is 39.5 Å². The van der Waals surface area contributed by atoms with Crippen LogP contribution in [0.2, 0.25) is 0 Å². The fraction of sp³-hybridized carbons (Fsp3) is 0.840. The zero-order valence-electron chi connectivity index (χ0n) is 84.6. The number of rotatable bonds is 22. The van der Waals surface area contributed by atoms with Crippen LogP contribution >= 0.6 is 0 Å². The Bertz CT molecular complexity index is 3700.